The predicted molar refractivity (Wildman–Crippen MR) is 131 cm³/mol. The molecule has 3 aromatic rings. The fourth-order valence-corrected chi connectivity index (χ4v) is 3.72. The van der Waals surface area contributed by atoms with E-state index in [1.807, 2.05) is 66.6 Å². The number of hydrogen-bond acceptors (Lipinski definition) is 2. The largest absolute Gasteiger partial charge is 0.494 e. The van der Waals surface area contributed by atoms with E-state index in [1.54, 1.807) is 0 Å². The molecule has 0 aliphatic carbocycles. The van der Waals surface area contributed by atoms with Crippen LogP contribution < -0.4 is 10.1 Å². The van der Waals surface area contributed by atoms with Crippen LogP contribution in [-0.4, -0.2) is 28.1 Å². The van der Waals surface area contributed by atoms with Gasteiger partial charge in [0.1, 0.15) is 5.75 Å². The van der Waals surface area contributed by atoms with Crippen molar-refractivity contribution in [3.05, 3.63) is 83.1 Å². The highest BCUT2D eigenvalue weighted by atomic mass is 35.5. The number of carbonyl (C=O) groups excluding carboxylic acids is 1. The van der Waals surface area contributed by atoms with Gasteiger partial charge in [0.15, 0.2) is 0 Å². The van der Waals surface area contributed by atoms with Crippen LogP contribution in [0.25, 0.3) is 0 Å². The van der Waals surface area contributed by atoms with E-state index in [4.69, 9.17) is 16.3 Å². The van der Waals surface area contributed by atoms with Gasteiger partial charge in [0, 0.05) is 35.2 Å². The van der Waals surface area contributed by atoms with E-state index in [1.165, 1.54) is 0 Å². The number of aromatic nitrogens is 1. The minimum absolute atomic E-state index is 0.0622. The zero-order valence-electron chi connectivity index (χ0n) is 19.2. The molecule has 2 amide bonds. The van der Waals surface area contributed by atoms with Gasteiger partial charge in [-0.2, -0.15) is 0 Å². The standard InChI is InChI=1S/C26H32ClN3O2/c1-5-32-25-13-11-23(12-14-25)28-26(31)30(20(4)19(2)3)18-24-10-7-15-29(24)17-21-8-6-9-22(27)16-21/h6-16,19-20H,5,17-18H2,1-4H3,(H,28,31). The Kier molecular flexibility index (Phi) is 8.23. The summed E-state index contributed by atoms with van der Waals surface area (Å²) in [6.45, 7) is 10.1. The van der Waals surface area contributed by atoms with Crippen LogP contribution in [0, 0.1) is 5.92 Å². The molecule has 1 N–H and O–H groups in total. The van der Waals surface area contributed by atoms with E-state index in [2.05, 4.69) is 42.8 Å². The van der Waals surface area contributed by atoms with Crippen LogP contribution in [0.4, 0.5) is 10.5 Å². The lowest BCUT2D eigenvalue weighted by Crippen LogP contribution is -2.43. The summed E-state index contributed by atoms with van der Waals surface area (Å²) in [4.78, 5) is 15.2. The zero-order chi connectivity index (χ0) is 23.1. The summed E-state index contributed by atoms with van der Waals surface area (Å²) in [6, 6.07) is 19.3. The van der Waals surface area contributed by atoms with Crippen LogP contribution >= 0.6 is 11.6 Å². The molecule has 0 aliphatic heterocycles. The van der Waals surface area contributed by atoms with Crippen LogP contribution in [0.1, 0.15) is 39.0 Å². The normalized spacial score (nSPS) is 11.9. The molecule has 0 saturated heterocycles. The molecule has 0 radical (unpaired) electrons. The third-order valence-corrected chi connectivity index (χ3v) is 5.87. The van der Waals surface area contributed by atoms with Crippen LogP contribution in [0.5, 0.6) is 5.75 Å². The Morgan fingerprint density at radius 3 is 2.50 bits per heavy atom. The number of carbonyl (C=O) groups is 1. The van der Waals surface area contributed by atoms with E-state index in [-0.39, 0.29) is 12.1 Å². The number of nitrogens with one attached hydrogen (secondary N) is 1. The molecule has 1 heterocycles. The zero-order valence-corrected chi connectivity index (χ0v) is 20.0. The van der Waals surface area contributed by atoms with Gasteiger partial charge in [0.2, 0.25) is 0 Å². The van der Waals surface area contributed by atoms with Crippen LogP contribution in [0.15, 0.2) is 66.9 Å². The second-order valence-electron chi connectivity index (χ2n) is 8.26. The average Bonchev–Trinajstić information content (AvgIpc) is 3.19. The Balaban J connectivity index is 1.76. The Morgan fingerprint density at radius 1 is 1.09 bits per heavy atom. The first kappa shape index (κ1) is 23.7. The van der Waals surface area contributed by atoms with E-state index in [9.17, 15) is 4.79 Å². The van der Waals surface area contributed by atoms with Gasteiger partial charge in [-0.15, -0.1) is 0 Å². The minimum atomic E-state index is -0.120. The van der Waals surface area contributed by atoms with Gasteiger partial charge in [-0.1, -0.05) is 37.6 Å². The van der Waals surface area contributed by atoms with Crippen molar-refractivity contribution >= 4 is 23.3 Å². The Morgan fingerprint density at radius 2 is 1.84 bits per heavy atom. The average molecular weight is 454 g/mol. The van der Waals surface area contributed by atoms with Crippen molar-refractivity contribution in [1.82, 2.24) is 9.47 Å². The van der Waals surface area contributed by atoms with Crippen molar-refractivity contribution in [3.63, 3.8) is 0 Å². The fraction of sp³-hybridized carbons (Fsp3) is 0.346. The molecule has 32 heavy (non-hydrogen) atoms. The summed E-state index contributed by atoms with van der Waals surface area (Å²) in [5.41, 5.74) is 2.94. The monoisotopic (exact) mass is 453 g/mol. The smallest absolute Gasteiger partial charge is 0.322 e. The molecule has 1 unspecified atom stereocenters. The quantitative estimate of drug-likeness (QED) is 0.393. The molecule has 1 atom stereocenters. The maximum absolute atomic E-state index is 13.3. The van der Waals surface area contributed by atoms with Crippen LogP contribution in [0.2, 0.25) is 5.02 Å². The van der Waals surface area contributed by atoms with Gasteiger partial charge < -0.3 is 19.5 Å². The number of ether oxygens (including phenoxy) is 1. The number of rotatable bonds is 9. The van der Waals surface area contributed by atoms with Crippen LogP contribution in [0.3, 0.4) is 0 Å². The first-order valence-electron chi connectivity index (χ1n) is 11.1. The molecule has 2 aromatic carbocycles. The maximum Gasteiger partial charge on any atom is 0.322 e. The topological polar surface area (TPSA) is 46.5 Å². The van der Waals surface area contributed by atoms with Gasteiger partial charge in [-0.05, 0) is 73.9 Å². The van der Waals surface area contributed by atoms with Crippen molar-refractivity contribution < 1.29 is 9.53 Å². The third-order valence-electron chi connectivity index (χ3n) is 5.63. The van der Waals surface area contributed by atoms with Crippen molar-refractivity contribution in [2.24, 2.45) is 5.92 Å². The SMILES string of the molecule is CCOc1ccc(NC(=O)N(Cc2cccn2Cc2cccc(Cl)c2)C(C)C(C)C)cc1. The number of urea groups is 1. The van der Waals surface area contributed by atoms with Crippen LogP contribution in [-0.2, 0) is 13.1 Å². The molecule has 0 aliphatic rings. The summed E-state index contributed by atoms with van der Waals surface area (Å²) in [5, 5.41) is 3.76. The number of hydrogen-bond donors (Lipinski definition) is 1. The fourth-order valence-electron chi connectivity index (χ4n) is 3.51. The first-order valence-corrected chi connectivity index (χ1v) is 11.4. The second kappa shape index (κ2) is 11.1. The summed E-state index contributed by atoms with van der Waals surface area (Å²) in [6.07, 6.45) is 2.04. The van der Waals surface area contributed by atoms with Crippen molar-refractivity contribution in [3.8, 4) is 5.75 Å². The molecule has 170 valence electrons. The number of benzene rings is 2. The van der Waals surface area contributed by atoms with Crippen molar-refractivity contribution in [2.45, 2.75) is 46.8 Å². The second-order valence-corrected chi connectivity index (χ2v) is 8.69. The first-order chi connectivity index (χ1) is 15.4. The molecule has 3 rings (SSSR count). The van der Waals surface area contributed by atoms with Gasteiger partial charge in [-0.25, -0.2) is 4.79 Å². The molecule has 0 fully saturated rings. The minimum Gasteiger partial charge on any atom is -0.494 e. The van der Waals surface area contributed by atoms with Gasteiger partial charge in [-0.3, -0.25) is 0 Å². The predicted octanol–water partition coefficient (Wildman–Crippen LogP) is 6.67. The molecular formula is C26H32ClN3O2. The Hall–Kier alpha value is -2.92. The number of anilines is 1. The lowest BCUT2D eigenvalue weighted by Gasteiger charge is -2.32. The lowest BCUT2D eigenvalue weighted by molar-refractivity contribution is 0.168. The molecule has 0 bridgehead atoms. The molecular weight excluding hydrogens is 422 g/mol. The highest BCUT2D eigenvalue weighted by Gasteiger charge is 2.24. The maximum atomic E-state index is 13.3. The van der Waals surface area contributed by atoms with Crippen molar-refractivity contribution in [1.29, 1.82) is 0 Å². The summed E-state index contributed by atoms with van der Waals surface area (Å²) in [5.74, 6) is 1.11. The summed E-state index contributed by atoms with van der Waals surface area (Å²) < 4.78 is 7.65. The van der Waals surface area contributed by atoms with Gasteiger partial charge in [0.25, 0.3) is 0 Å². The van der Waals surface area contributed by atoms with E-state index in [0.717, 1.165) is 27.7 Å². The van der Waals surface area contributed by atoms with E-state index >= 15 is 0 Å². The number of nitrogens with zero attached hydrogens (tertiary/aromatic N) is 2. The highest BCUT2D eigenvalue weighted by Crippen LogP contribution is 2.21. The lowest BCUT2D eigenvalue weighted by atomic mass is 10.0. The highest BCUT2D eigenvalue weighted by molar-refractivity contribution is 6.30. The van der Waals surface area contributed by atoms with Gasteiger partial charge in [0.05, 0.1) is 13.2 Å². The molecule has 5 nitrogen and oxygen atoms in total. The summed E-state index contributed by atoms with van der Waals surface area (Å²) in [7, 11) is 0. The van der Waals surface area contributed by atoms with Gasteiger partial charge >= 0.3 is 6.03 Å². The molecule has 0 spiro atoms. The third kappa shape index (κ3) is 6.30. The molecule has 1 aromatic heterocycles. The molecule has 6 heteroatoms. The van der Waals surface area contributed by atoms with E-state index in [0.29, 0.717) is 25.6 Å². The summed E-state index contributed by atoms with van der Waals surface area (Å²) >= 11 is 6.15. The van der Waals surface area contributed by atoms with E-state index < -0.39 is 0 Å². The Bertz CT molecular complexity index is 1010. The van der Waals surface area contributed by atoms with Crippen molar-refractivity contribution in [2.75, 3.05) is 11.9 Å². The number of halogens is 1. The Labute approximate surface area is 196 Å². The number of amides is 2. The molecule has 0 saturated carbocycles.